The van der Waals surface area contributed by atoms with Crippen LogP contribution in [0.1, 0.15) is 55.1 Å². The van der Waals surface area contributed by atoms with Crippen LogP contribution in [0.4, 0.5) is 0 Å². The minimum atomic E-state index is -0.0413. The number of pyridine rings is 2. The van der Waals surface area contributed by atoms with E-state index < -0.39 is 0 Å². The van der Waals surface area contributed by atoms with Crippen molar-refractivity contribution in [3.63, 3.8) is 0 Å². The summed E-state index contributed by atoms with van der Waals surface area (Å²) < 4.78 is 5.81. The van der Waals surface area contributed by atoms with Gasteiger partial charge in [-0.15, -0.1) is 0 Å². The van der Waals surface area contributed by atoms with Crippen LogP contribution in [0, 0.1) is 0 Å². The standard InChI is InChI=1S/C19H23N3O2/c1-3-22(14(2)16-6-5-10-20-13-16)19(23)15-9-11-21-18(12-15)24-17-7-4-8-17/h5-6,9-14,17H,3-4,7-8H2,1-2H3/t14-/m1/s1. The summed E-state index contributed by atoms with van der Waals surface area (Å²) in [6.45, 7) is 4.62. The van der Waals surface area contributed by atoms with Crippen molar-refractivity contribution in [3.8, 4) is 5.88 Å². The fraction of sp³-hybridized carbons (Fsp3) is 0.421. The molecule has 1 amide bonds. The first kappa shape index (κ1) is 16.4. The first-order valence-corrected chi connectivity index (χ1v) is 8.52. The third-order valence-electron chi connectivity index (χ3n) is 4.56. The number of aromatic nitrogens is 2. The molecule has 2 heterocycles. The first-order chi connectivity index (χ1) is 11.7. The average Bonchev–Trinajstić information content (AvgIpc) is 2.59. The zero-order valence-corrected chi connectivity index (χ0v) is 14.2. The SMILES string of the molecule is CCN(C(=O)c1ccnc(OC2CCC2)c1)[C@H](C)c1cccnc1. The van der Waals surface area contributed by atoms with E-state index >= 15 is 0 Å². The van der Waals surface area contributed by atoms with Gasteiger partial charge in [0.05, 0.1) is 6.04 Å². The predicted octanol–water partition coefficient (Wildman–Crippen LogP) is 3.63. The minimum Gasteiger partial charge on any atom is -0.474 e. The monoisotopic (exact) mass is 325 g/mol. The Bertz CT molecular complexity index is 686. The molecule has 0 unspecified atom stereocenters. The maximum absolute atomic E-state index is 12.9. The summed E-state index contributed by atoms with van der Waals surface area (Å²) in [4.78, 5) is 23.1. The van der Waals surface area contributed by atoms with E-state index in [1.165, 1.54) is 6.42 Å². The molecule has 3 rings (SSSR count). The van der Waals surface area contributed by atoms with Gasteiger partial charge in [0, 0.05) is 36.8 Å². The molecule has 1 aliphatic rings. The van der Waals surface area contributed by atoms with Gasteiger partial charge in [0.25, 0.3) is 5.91 Å². The predicted molar refractivity (Wildman–Crippen MR) is 91.9 cm³/mol. The van der Waals surface area contributed by atoms with Gasteiger partial charge in [-0.1, -0.05) is 6.07 Å². The molecule has 1 saturated carbocycles. The molecule has 1 atom stereocenters. The number of rotatable bonds is 6. The van der Waals surface area contributed by atoms with Crippen molar-refractivity contribution in [2.24, 2.45) is 0 Å². The van der Waals surface area contributed by atoms with E-state index in [9.17, 15) is 4.79 Å². The van der Waals surface area contributed by atoms with E-state index in [1.54, 1.807) is 30.7 Å². The summed E-state index contributed by atoms with van der Waals surface area (Å²) in [5.41, 5.74) is 1.63. The summed E-state index contributed by atoms with van der Waals surface area (Å²) in [5.74, 6) is 0.519. The van der Waals surface area contributed by atoms with Crippen LogP contribution in [0.2, 0.25) is 0 Å². The van der Waals surface area contributed by atoms with Gasteiger partial charge in [0.15, 0.2) is 0 Å². The lowest BCUT2D eigenvalue weighted by atomic mass is 9.96. The topological polar surface area (TPSA) is 55.3 Å². The molecule has 24 heavy (non-hydrogen) atoms. The molecule has 1 fully saturated rings. The van der Waals surface area contributed by atoms with Crippen LogP contribution in [0.25, 0.3) is 0 Å². The second kappa shape index (κ2) is 7.43. The maximum Gasteiger partial charge on any atom is 0.254 e. The summed E-state index contributed by atoms with van der Waals surface area (Å²) >= 11 is 0. The molecule has 5 nitrogen and oxygen atoms in total. The highest BCUT2D eigenvalue weighted by Gasteiger charge is 2.23. The van der Waals surface area contributed by atoms with E-state index in [4.69, 9.17) is 4.74 Å². The third-order valence-corrected chi connectivity index (χ3v) is 4.56. The largest absolute Gasteiger partial charge is 0.474 e. The second-order valence-electron chi connectivity index (χ2n) is 6.11. The number of hydrogen-bond acceptors (Lipinski definition) is 4. The van der Waals surface area contributed by atoms with Crippen LogP contribution in [-0.4, -0.2) is 33.4 Å². The van der Waals surface area contributed by atoms with Crippen LogP contribution in [0.3, 0.4) is 0 Å². The average molecular weight is 325 g/mol. The molecule has 2 aromatic rings. The fourth-order valence-corrected chi connectivity index (χ4v) is 2.83. The van der Waals surface area contributed by atoms with E-state index in [0.29, 0.717) is 18.0 Å². The van der Waals surface area contributed by atoms with Gasteiger partial charge in [-0.2, -0.15) is 0 Å². The van der Waals surface area contributed by atoms with Crippen molar-refractivity contribution >= 4 is 5.91 Å². The molecule has 0 aliphatic heterocycles. The molecule has 126 valence electrons. The van der Waals surface area contributed by atoms with Gasteiger partial charge in [0.2, 0.25) is 5.88 Å². The van der Waals surface area contributed by atoms with Gasteiger partial charge >= 0.3 is 0 Å². The van der Waals surface area contributed by atoms with Crippen molar-refractivity contribution in [1.82, 2.24) is 14.9 Å². The number of carbonyl (C=O) groups excluding carboxylic acids is 1. The van der Waals surface area contributed by atoms with Gasteiger partial charge in [-0.25, -0.2) is 4.98 Å². The third kappa shape index (κ3) is 3.55. The Kier molecular flexibility index (Phi) is 5.08. The molecule has 0 radical (unpaired) electrons. The van der Waals surface area contributed by atoms with Crippen molar-refractivity contribution in [3.05, 3.63) is 54.0 Å². The van der Waals surface area contributed by atoms with E-state index in [2.05, 4.69) is 9.97 Å². The van der Waals surface area contributed by atoms with Gasteiger partial charge < -0.3 is 9.64 Å². The zero-order valence-electron chi connectivity index (χ0n) is 14.2. The lowest BCUT2D eigenvalue weighted by Crippen LogP contribution is -2.33. The number of amides is 1. The van der Waals surface area contributed by atoms with E-state index in [-0.39, 0.29) is 18.1 Å². The molecule has 1 aliphatic carbocycles. The molecule has 0 bridgehead atoms. The number of carbonyl (C=O) groups is 1. The van der Waals surface area contributed by atoms with Gasteiger partial charge in [-0.05, 0) is 50.8 Å². The normalized spacial score (nSPS) is 15.4. The Morgan fingerprint density at radius 2 is 2.21 bits per heavy atom. The smallest absolute Gasteiger partial charge is 0.254 e. The van der Waals surface area contributed by atoms with Crippen molar-refractivity contribution in [2.45, 2.75) is 45.3 Å². The Morgan fingerprint density at radius 1 is 1.38 bits per heavy atom. The van der Waals surface area contributed by atoms with E-state index in [1.807, 2.05) is 30.9 Å². The highest BCUT2D eigenvalue weighted by atomic mass is 16.5. The maximum atomic E-state index is 12.9. The summed E-state index contributed by atoms with van der Waals surface area (Å²) in [6.07, 6.45) is 8.77. The molecule has 2 aromatic heterocycles. The molecular formula is C19H23N3O2. The Balaban J connectivity index is 1.77. The quantitative estimate of drug-likeness (QED) is 0.814. The van der Waals surface area contributed by atoms with Gasteiger partial charge in [-0.3, -0.25) is 9.78 Å². The Hall–Kier alpha value is -2.43. The van der Waals surface area contributed by atoms with Gasteiger partial charge in [0.1, 0.15) is 6.10 Å². The van der Waals surface area contributed by atoms with Crippen LogP contribution >= 0.6 is 0 Å². The highest BCUT2D eigenvalue weighted by molar-refractivity contribution is 5.94. The number of ether oxygens (including phenoxy) is 1. The molecule has 0 saturated heterocycles. The number of nitrogens with zero attached hydrogens (tertiary/aromatic N) is 3. The van der Waals surface area contributed by atoms with Crippen molar-refractivity contribution in [2.75, 3.05) is 6.54 Å². The summed E-state index contributed by atoms with van der Waals surface area (Å²) in [6, 6.07) is 7.33. The second-order valence-corrected chi connectivity index (χ2v) is 6.11. The lowest BCUT2D eigenvalue weighted by molar-refractivity contribution is 0.0699. The zero-order chi connectivity index (χ0) is 16.9. The minimum absolute atomic E-state index is 0.0188. The van der Waals surface area contributed by atoms with Crippen LogP contribution in [0.5, 0.6) is 5.88 Å². The molecule has 0 spiro atoms. The number of hydrogen-bond donors (Lipinski definition) is 0. The summed E-state index contributed by atoms with van der Waals surface area (Å²) in [5, 5.41) is 0. The molecule has 0 N–H and O–H groups in total. The Morgan fingerprint density at radius 3 is 2.83 bits per heavy atom. The molecule has 0 aromatic carbocycles. The van der Waals surface area contributed by atoms with Crippen molar-refractivity contribution in [1.29, 1.82) is 0 Å². The molecule has 5 heteroatoms. The summed E-state index contributed by atoms with van der Waals surface area (Å²) in [7, 11) is 0. The van der Waals surface area contributed by atoms with Crippen LogP contribution < -0.4 is 4.74 Å². The fourth-order valence-electron chi connectivity index (χ4n) is 2.83. The molecular weight excluding hydrogens is 302 g/mol. The first-order valence-electron chi connectivity index (χ1n) is 8.52. The van der Waals surface area contributed by atoms with E-state index in [0.717, 1.165) is 18.4 Å². The van der Waals surface area contributed by atoms with Crippen LogP contribution in [-0.2, 0) is 0 Å². The Labute approximate surface area is 142 Å². The van der Waals surface area contributed by atoms with Crippen LogP contribution in [0.15, 0.2) is 42.9 Å². The van der Waals surface area contributed by atoms with Crippen molar-refractivity contribution < 1.29 is 9.53 Å². The lowest BCUT2D eigenvalue weighted by Gasteiger charge is -2.29. The highest BCUT2D eigenvalue weighted by Crippen LogP contribution is 2.26.